The van der Waals surface area contributed by atoms with Crippen molar-refractivity contribution in [3.63, 3.8) is 0 Å². The first-order chi connectivity index (χ1) is 8.85. The zero-order valence-electron chi connectivity index (χ0n) is 10.5. The molecule has 0 bridgehead atoms. The Kier molecular flexibility index (Phi) is 4.38. The third-order valence-electron chi connectivity index (χ3n) is 2.76. The van der Waals surface area contributed by atoms with Gasteiger partial charge in [-0.25, -0.2) is 4.98 Å². The van der Waals surface area contributed by atoms with Gasteiger partial charge in [0.2, 0.25) is 0 Å². The van der Waals surface area contributed by atoms with Crippen LogP contribution in [0.5, 0.6) is 0 Å². The van der Waals surface area contributed by atoms with E-state index in [1.54, 1.807) is 12.5 Å². The first-order valence-electron chi connectivity index (χ1n) is 6.09. The summed E-state index contributed by atoms with van der Waals surface area (Å²) in [6.45, 7) is 2.98. The van der Waals surface area contributed by atoms with Crippen molar-refractivity contribution in [3.05, 3.63) is 42.2 Å². The second kappa shape index (κ2) is 6.23. The van der Waals surface area contributed by atoms with Crippen molar-refractivity contribution in [1.82, 2.24) is 25.2 Å². The van der Waals surface area contributed by atoms with E-state index in [9.17, 15) is 0 Å². The molecule has 0 radical (unpaired) electrons. The Balaban J connectivity index is 2.13. The quantitative estimate of drug-likeness (QED) is 0.583. The molecule has 3 N–H and O–H groups in total. The minimum atomic E-state index is -0.0500. The molecule has 0 fully saturated rings. The van der Waals surface area contributed by atoms with E-state index in [1.807, 2.05) is 22.9 Å². The standard InChI is InChI=1S/C12H18N6/c1-2-7-18-12(15-9-16-18)8-11(17-13)10-5-3-4-6-14-10/h3-6,9,11,17H,2,7-8,13H2,1H3. The highest BCUT2D eigenvalue weighted by molar-refractivity contribution is 5.10. The predicted molar refractivity (Wildman–Crippen MR) is 68.3 cm³/mol. The van der Waals surface area contributed by atoms with Gasteiger partial charge in [-0.2, -0.15) is 5.10 Å². The molecule has 2 aromatic heterocycles. The lowest BCUT2D eigenvalue weighted by atomic mass is 10.1. The predicted octanol–water partition coefficient (Wildman–Crippen LogP) is 0.830. The monoisotopic (exact) mass is 246 g/mol. The van der Waals surface area contributed by atoms with Crippen molar-refractivity contribution in [2.24, 2.45) is 5.84 Å². The minimum Gasteiger partial charge on any atom is -0.271 e. The van der Waals surface area contributed by atoms with E-state index < -0.39 is 0 Å². The molecule has 1 unspecified atom stereocenters. The summed E-state index contributed by atoms with van der Waals surface area (Å²) in [5.74, 6) is 6.52. The highest BCUT2D eigenvalue weighted by Gasteiger charge is 2.15. The number of rotatable bonds is 6. The fourth-order valence-corrected chi connectivity index (χ4v) is 1.86. The molecule has 0 aromatic carbocycles. The van der Waals surface area contributed by atoms with Gasteiger partial charge < -0.3 is 0 Å². The Labute approximate surface area is 106 Å². The third-order valence-corrected chi connectivity index (χ3v) is 2.76. The Hall–Kier alpha value is -1.79. The van der Waals surface area contributed by atoms with Crippen molar-refractivity contribution in [2.45, 2.75) is 32.4 Å². The first-order valence-corrected chi connectivity index (χ1v) is 6.09. The van der Waals surface area contributed by atoms with Crippen LogP contribution in [0.25, 0.3) is 0 Å². The molecule has 0 aliphatic heterocycles. The molecule has 0 amide bonds. The Morgan fingerprint density at radius 1 is 1.39 bits per heavy atom. The van der Waals surface area contributed by atoms with Crippen molar-refractivity contribution in [3.8, 4) is 0 Å². The SMILES string of the molecule is CCCn1ncnc1CC(NN)c1ccccn1. The molecule has 0 aliphatic carbocycles. The molecule has 0 aliphatic rings. The molecule has 1 atom stereocenters. The third kappa shape index (κ3) is 2.91. The fraction of sp³-hybridized carbons (Fsp3) is 0.417. The molecule has 0 saturated carbocycles. The highest BCUT2D eigenvalue weighted by atomic mass is 15.3. The van der Waals surface area contributed by atoms with Crippen LogP contribution in [-0.4, -0.2) is 19.7 Å². The van der Waals surface area contributed by atoms with Crippen molar-refractivity contribution in [2.75, 3.05) is 0 Å². The summed E-state index contributed by atoms with van der Waals surface area (Å²) in [5, 5.41) is 4.20. The van der Waals surface area contributed by atoms with E-state index in [0.717, 1.165) is 24.5 Å². The van der Waals surface area contributed by atoms with Crippen molar-refractivity contribution in [1.29, 1.82) is 0 Å². The Morgan fingerprint density at radius 3 is 2.94 bits per heavy atom. The highest BCUT2D eigenvalue weighted by Crippen LogP contribution is 2.13. The molecule has 18 heavy (non-hydrogen) atoms. The number of aromatic nitrogens is 4. The Morgan fingerprint density at radius 2 is 2.28 bits per heavy atom. The molecule has 0 spiro atoms. The van der Waals surface area contributed by atoms with Gasteiger partial charge in [0, 0.05) is 19.2 Å². The van der Waals surface area contributed by atoms with Gasteiger partial charge >= 0.3 is 0 Å². The van der Waals surface area contributed by atoms with Crippen LogP contribution in [0.15, 0.2) is 30.7 Å². The van der Waals surface area contributed by atoms with Crippen LogP contribution in [-0.2, 0) is 13.0 Å². The second-order valence-electron chi connectivity index (χ2n) is 4.08. The molecular weight excluding hydrogens is 228 g/mol. The topological polar surface area (TPSA) is 81.7 Å². The fourth-order valence-electron chi connectivity index (χ4n) is 1.86. The number of pyridine rings is 1. The lowest BCUT2D eigenvalue weighted by Crippen LogP contribution is -2.31. The summed E-state index contributed by atoms with van der Waals surface area (Å²) in [7, 11) is 0. The minimum absolute atomic E-state index is 0.0500. The summed E-state index contributed by atoms with van der Waals surface area (Å²) in [4.78, 5) is 8.58. The molecule has 2 rings (SSSR count). The van der Waals surface area contributed by atoms with Gasteiger partial charge in [-0.3, -0.25) is 20.9 Å². The van der Waals surface area contributed by atoms with E-state index in [2.05, 4.69) is 27.4 Å². The van der Waals surface area contributed by atoms with Crippen LogP contribution < -0.4 is 11.3 Å². The van der Waals surface area contributed by atoms with E-state index in [-0.39, 0.29) is 6.04 Å². The summed E-state index contributed by atoms with van der Waals surface area (Å²) in [6, 6.07) is 5.73. The largest absolute Gasteiger partial charge is 0.271 e. The first kappa shape index (κ1) is 12.7. The zero-order chi connectivity index (χ0) is 12.8. The van der Waals surface area contributed by atoms with E-state index in [1.165, 1.54) is 0 Å². The van der Waals surface area contributed by atoms with Gasteiger partial charge in [0.1, 0.15) is 12.2 Å². The molecular formula is C12H18N6. The summed E-state index contributed by atoms with van der Waals surface area (Å²) in [5.41, 5.74) is 3.69. The molecule has 2 aromatic rings. The van der Waals surface area contributed by atoms with Crippen LogP contribution in [0.3, 0.4) is 0 Å². The number of hydrazine groups is 1. The summed E-state index contributed by atoms with van der Waals surface area (Å²) in [6.07, 6.45) is 5.04. The van der Waals surface area contributed by atoms with E-state index in [0.29, 0.717) is 6.42 Å². The lowest BCUT2D eigenvalue weighted by molar-refractivity contribution is 0.491. The van der Waals surface area contributed by atoms with Gasteiger partial charge in [-0.05, 0) is 18.6 Å². The molecule has 0 saturated heterocycles. The number of nitrogens with zero attached hydrogens (tertiary/aromatic N) is 4. The van der Waals surface area contributed by atoms with E-state index in [4.69, 9.17) is 5.84 Å². The van der Waals surface area contributed by atoms with Crippen molar-refractivity contribution < 1.29 is 0 Å². The maximum absolute atomic E-state index is 5.60. The van der Waals surface area contributed by atoms with Gasteiger partial charge in [0.15, 0.2) is 0 Å². The second-order valence-corrected chi connectivity index (χ2v) is 4.08. The number of nitrogens with one attached hydrogen (secondary N) is 1. The molecule has 6 heteroatoms. The average molecular weight is 246 g/mol. The van der Waals surface area contributed by atoms with Crippen LogP contribution in [0.2, 0.25) is 0 Å². The van der Waals surface area contributed by atoms with Gasteiger partial charge in [-0.1, -0.05) is 13.0 Å². The lowest BCUT2D eigenvalue weighted by Gasteiger charge is -2.15. The van der Waals surface area contributed by atoms with Gasteiger partial charge in [0.25, 0.3) is 0 Å². The summed E-state index contributed by atoms with van der Waals surface area (Å²) >= 11 is 0. The maximum Gasteiger partial charge on any atom is 0.138 e. The molecule has 2 heterocycles. The number of hydrogen-bond donors (Lipinski definition) is 2. The Bertz CT molecular complexity index is 466. The van der Waals surface area contributed by atoms with Gasteiger partial charge in [-0.15, -0.1) is 0 Å². The number of nitrogens with two attached hydrogens (primary N) is 1. The normalized spacial score (nSPS) is 12.6. The maximum atomic E-state index is 5.60. The summed E-state index contributed by atoms with van der Waals surface area (Å²) < 4.78 is 1.91. The number of aryl methyl sites for hydroxylation is 1. The smallest absolute Gasteiger partial charge is 0.138 e. The molecule has 6 nitrogen and oxygen atoms in total. The average Bonchev–Trinajstić information content (AvgIpc) is 2.85. The van der Waals surface area contributed by atoms with Crippen molar-refractivity contribution >= 4 is 0 Å². The van der Waals surface area contributed by atoms with Crippen LogP contribution in [0, 0.1) is 0 Å². The number of hydrogen-bond acceptors (Lipinski definition) is 5. The van der Waals surface area contributed by atoms with Crippen LogP contribution in [0.1, 0.15) is 30.9 Å². The zero-order valence-corrected chi connectivity index (χ0v) is 10.5. The molecule has 96 valence electrons. The van der Waals surface area contributed by atoms with Crippen LogP contribution in [0.4, 0.5) is 0 Å². The van der Waals surface area contributed by atoms with E-state index >= 15 is 0 Å². The van der Waals surface area contributed by atoms with Gasteiger partial charge in [0.05, 0.1) is 11.7 Å². The van der Waals surface area contributed by atoms with Crippen LogP contribution >= 0.6 is 0 Å².